The molecule has 16 heavy (non-hydrogen) atoms. The average Bonchev–Trinajstić information content (AvgIpc) is 2.19. The van der Waals surface area contributed by atoms with Gasteiger partial charge in [0.05, 0.1) is 5.56 Å². The van der Waals surface area contributed by atoms with Crippen LogP contribution >= 0.6 is 0 Å². The van der Waals surface area contributed by atoms with Crippen molar-refractivity contribution in [3.05, 3.63) is 34.9 Å². The Morgan fingerprint density at radius 2 is 1.50 bits per heavy atom. The Labute approximate surface area is 85.7 Å². The van der Waals surface area contributed by atoms with Crippen molar-refractivity contribution in [2.45, 2.75) is 19.0 Å². The van der Waals surface area contributed by atoms with Gasteiger partial charge in [0.25, 0.3) is 0 Å². The lowest BCUT2D eigenvalue weighted by molar-refractivity contribution is -0.0749. The van der Waals surface area contributed by atoms with Crippen molar-refractivity contribution in [1.29, 1.82) is 0 Å². The summed E-state index contributed by atoms with van der Waals surface area (Å²) in [5, 5.41) is 0. The molecule has 0 amide bonds. The van der Waals surface area contributed by atoms with E-state index in [1.54, 1.807) is 0 Å². The fraction of sp³-hybridized carbons (Fsp3) is 0.333. The molecular formula is C9H4F7. The van der Waals surface area contributed by atoms with Crippen molar-refractivity contribution < 1.29 is 30.7 Å². The van der Waals surface area contributed by atoms with Crippen LogP contribution in [0.5, 0.6) is 0 Å². The summed E-state index contributed by atoms with van der Waals surface area (Å²) in [5.41, 5.74) is -1.97. The molecule has 0 fully saturated rings. The lowest BCUT2D eigenvalue weighted by Crippen LogP contribution is -2.27. The second kappa shape index (κ2) is 3.95. The van der Waals surface area contributed by atoms with E-state index in [2.05, 4.69) is 0 Å². The Balaban J connectivity index is 3.47. The van der Waals surface area contributed by atoms with E-state index in [4.69, 9.17) is 0 Å². The van der Waals surface area contributed by atoms with Gasteiger partial charge < -0.3 is 0 Å². The zero-order chi connectivity index (χ0) is 12.7. The van der Waals surface area contributed by atoms with Crippen molar-refractivity contribution in [2.75, 3.05) is 0 Å². The number of hydrogen-bond donors (Lipinski definition) is 0. The molecule has 0 aliphatic rings. The molecule has 0 aliphatic heterocycles. The summed E-state index contributed by atoms with van der Waals surface area (Å²) < 4.78 is 88.6. The molecule has 0 N–H and O–H groups in total. The highest BCUT2D eigenvalue weighted by Crippen LogP contribution is 2.36. The SMILES string of the molecule is CC(F)C(F)(F)c1[c]c(F)c(F)c(F)c1F. The minimum atomic E-state index is -4.49. The molecular weight excluding hydrogens is 241 g/mol. The van der Waals surface area contributed by atoms with Gasteiger partial charge >= 0.3 is 5.92 Å². The molecule has 0 aromatic heterocycles. The summed E-state index contributed by atoms with van der Waals surface area (Å²) in [7, 11) is 0. The normalized spacial score (nSPS) is 14.0. The Bertz CT molecular complexity index is 411. The zero-order valence-electron chi connectivity index (χ0n) is 7.72. The Morgan fingerprint density at radius 3 is 1.94 bits per heavy atom. The monoisotopic (exact) mass is 245 g/mol. The van der Waals surface area contributed by atoms with E-state index in [-0.39, 0.29) is 0 Å². The smallest absolute Gasteiger partial charge is 0.241 e. The van der Waals surface area contributed by atoms with Crippen molar-refractivity contribution in [3.8, 4) is 0 Å². The van der Waals surface area contributed by atoms with Gasteiger partial charge in [-0.3, -0.25) is 0 Å². The summed E-state index contributed by atoms with van der Waals surface area (Å²) in [5.74, 6) is -13.7. The third kappa shape index (κ3) is 1.85. The molecule has 0 heterocycles. The number of halogens is 7. The van der Waals surface area contributed by atoms with Crippen LogP contribution in [0.4, 0.5) is 30.7 Å². The van der Waals surface area contributed by atoms with Crippen molar-refractivity contribution in [1.82, 2.24) is 0 Å². The highest BCUT2D eigenvalue weighted by Gasteiger charge is 2.43. The number of benzene rings is 1. The van der Waals surface area contributed by atoms with Gasteiger partial charge in [-0.05, 0) is 6.92 Å². The minimum Gasteiger partial charge on any atom is -0.241 e. The maximum Gasteiger partial charge on any atom is 0.307 e. The number of rotatable bonds is 2. The van der Waals surface area contributed by atoms with Gasteiger partial charge in [0.15, 0.2) is 29.4 Å². The van der Waals surface area contributed by atoms with E-state index < -0.39 is 40.9 Å². The molecule has 0 nitrogen and oxygen atoms in total. The molecule has 0 aliphatic carbocycles. The summed E-state index contributed by atoms with van der Waals surface area (Å²) in [4.78, 5) is 0. The zero-order valence-corrected chi connectivity index (χ0v) is 7.72. The average molecular weight is 245 g/mol. The standard InChI is InChI=1S/C9H4F7/c1-3(10)9(15,16)4-2-5(11)7(13)8(14)6(4)12/h3H,1H3. The van der Waals surface area contributed by atoms with Gasteiger partial charge in [-0.1, -0.05) is 0 Å². The van der Waals surface area contributed by atoms with Crippen LogP contribution in [0.25, 0.3) is 0 Å². The Morgan fingerprint density at radius 1 is 1.00 bits per heavy atom. The molecule has 1 radical (unpaired) electrons. The van der Waals surface area contributed by atoms with Gasteiger partial charge in [-0.2, -0.15) is 8.78 Å². The first-order chi connectivity index (χ1) is 7.19. The summed E-state index contributed by atoms with van der Waals surface area (Å²) in [6, 6.07) is 0.960. The summed E-state index contributed by atoms with van der Waals surface area (Å²) >= 11 is 0. The molecule has 1 aromatic carbocycles. The van der Waals surface area contributed by atoms with Gasteiger partial charge in [-0.25, -0.2) is 22.0 Å². The van der Waals surface area contributed by atoms with E-state index in [9.17, 15) is 30.7 Å². The topological polar surface area (TPSA) is 0 Å². The maximum atomic E-state index is 12.9. The highest BCUT2D eigenvalue weighted by atomic mass is 19.3. The molecule has 0 spiro atoms. The van der Waals surface area contributed by atoms with Crippen LogP contribution < -0.4 is 0 Å². The van der Waals surface area contributed by atoms with Crippen molar-refractivity contribution in [2.24, 2.45) is 0 Å². The lowest BCUT2D eigenvalue weighted by atomic mass is 10.0. The third-order valence-electron chi connectivity index (χ3n) is 1.87. The van der Waals surface area contributed by atoms with Crippen LogP contribution in [0.1, 0.15) is 12.5 Å². The third-order valence-corrected chi connectivity index (χ3v) is 1.87. The maximum absolute atomic E-state index is 12.9. The van der Waals surface area contributed by atoms with Crippen LogP contribution in [-0.2, 0) is 5.92 Å². The van der Waals surface area contributed by atoms with Crippen molar-refractivity contribution >= 4 is 0 Å². The quantitative estimate of drug-likeness (QED) is 0.425. The number of alkyl halides is 3. The summed E-state index contributed by atoms with van der Waals surface area (Å²) in [6.07, 6.45) is -2.90. The molecule has 0 saturated heterocycles. The van der Waals surface area contributed by atoms with Gasteiger partial charge in [0.2, 0.25) is 0 Å². The molecule has 1 atom stereocenters. The second-order valence-electron chi connectivity index (χ2n) is 2.99. The van der Waals surface area contributed by atoms with E-state index in [1.165, 1.54) is 0 Å². The molecule has 1 rings (SSSR count). The minimum absolute atomic E-state index is 0.368. The summed E-state index contributed by atoms with van der Waals surface area (Å²) in [6.45, 7) is 0.368. The molecule has 1 unspecified atom stereocenters. The van der Waals surface area contributed by atoms with Gasteiger partial charge in [-0.15, -0.1) is 0 Å². The van der Waals surface area contributed by atoms with Crippen LogP contribution in [0, 0.1) is 29.3 Å². The first-order valence-corrected chi connectivity index (χ1v) is 3.97. The first kappa shape index (κ1) is 12.8. The fourth-order valence-electron chi connectivity index (χ4n) is 0.950. The lowest BCUT2D eigenvalue weighted by Gasteiger charge is -2.18. The molecule has 7 heteroatoms. The Hall–Kier alpha value is -1.27. The molecule has 0 bridgehead atoms. The van der Waals surface area contributed by atoms with E-state index in [0.29, 0.717) is 6.92 Å². The van der Waals surface area contributed by atoms with Gasteiger partial charge in [0.1, 0.15) is 0 Å². The highest BCUT2D eigenvalue weighted by molar-refractivity contribution is 5.25. The second-order valence-corrected chi connectivity index (χ2v) is 2.99. The van der Waals surface area contributed by atoms with Crippen LogP contribution in [0.3, 0.4) is 0 Å². The predicted molar refractivity (Wildman–Crippen MR) is 39.6 cm³/mol. The fourth-order valence-corrected chi connectivity index (χ4v) is 0.950. The number of hydrogen-bond acceptors (Lipinski definition) is 0. The first-order valence-electron chi connectivity index (χ1n) is 3.97. The van der Waals surface area contributed by atoms with Gasteiger partial charge in [0, 0.05) is 6.07 Å². The van der Waals surface area contributed by atoms with E-state index in [0.717, 1.165) is 6.07 Å². The van der Waals surface area contributed by atoms with E-state index >= 15 is 0 Å². The Kier molecular flexibility index (Phi) is 3.16. The van der Waals surface area contributed by atoms with E-state index in [1.807, 2.05) is 0 Å². The van der Waals surface area contributed by atoms with Crippen LogP contribution in [0.2, 0.25) is 0 Å². The van der Waals surface area contributed by atoms with Crippen LogP contribution in [-0.4, -0.2) is 6.17 Å². The largest absolute Gasteiger partial charge is 0.307 e. The predicted octanol–water partition coefficient (Wildman–Crippen LogP) is 3.49. The molecule has 1 aromatic rings. The molecule has 89 valence electrons. The molecule has 0 saturated carbocycles. The van der Waals surface area contributed by atoms with Crippen LogP contribution in [0.15, 0.2) is 0 Å². The van der Waals surface area contributed by atoms with Crippen molar-refractivity contribution in [3.63, 3.8) is 0 Å².